The maximum Gasteiger partial charge on any atom is 0.0174 e. The van der Waals surface area contributed by atoms with E-state index in [4.69, 9.17) is 0 Å². The highest BCUT2D eigenvalue weighted by Crippen LogP contribution is 2.27. The van der Waals surface area contributed by atoms with E-state index >= 15 is 0 Å². The van der Waals surface area contributed by atoms with Crippen LogP contribution in [0.2, 0.25) is 0 Å². The van der Waals surface area contributed by atoms with Gasteiger partial charge in [-0.3, -0.25) is 0 Å². The van der Waals surface area contributed by atoms with E-state index in [1.54, 1.807) is 0 Å². The lowest BCUT2D eigenvalue weighted by atomic mass is 9.90. The molecule has 0 amide bonds. The standard InChI is InChI=1S/C13H27Br/c1-5-7-8-9-13(14)12(6-2)10-11(3)4/h11-13H,5-10H2,1-4H3/t12-,13?/m1/s1. The minimum Gasteiger partial charge on any atom is -0.0888 e. The van der Waals surface area contributed by atoms with Gasteiger partial charge in [0, 0.05) is 4.83 Å². The number of unbranched alkanes of at least 4 members (excludes halogenated alkanes) is 2. The lowest BCUT2D eigenvalue weighted by molar-refractivity contribution is 0.376. The molecule has 86 valence electrons. The Balaban J connectivity index is 3.73. The van der Waals surface area contributed by atoms with Crippen molar-refractivity contribution in [2.75, 3.05) is 0 Å². The first kappa shape index (κ1) is 14.5. The summed E-state index contributed by atoms with van der Waals surface area (Å²) in [6, 6.07) is 0. The van der Waals surface area contributed by atoms with Gasteiger partial charge >= 0.3 is 0 Å². The van der Waals surface area contributed by atoms with Crippen LogP contribution in [0, 0.1) is 11.8 Å². The molecule has 0 nitrogen and oxygen atoms in total. The van der Waals surface area contributed by atoms with Crippen molar-refractivity contribution < 1.29 is 0 Å². The Morgan fingerprint density at radius 3 is 2.14 bits per heavy atom. The van der Waals surface area contributed by atoms with Crippen LogP contribution in [0.25, 0.3) is 0 Å². The molecule has 0 spiro atoms. The molecule has 0 saturated heterocycles. The summed E-state index contributed by atoms with van der Waals surface area (Å²) in [4.78, 5) is 0.751. The largest absolute Gasteiger partial charge is 0.0888 e. The number of hydrogen-bond acceptors (Lipinski definition) is 0. The number of rotatable bonds is 8. The number of alkyl halides is 1. The van der Waals surface area contributed by atoms with Gasteiger partial charge in [-0.1, -0.05) is 69.3 Å². The lowest BCUT2D eigenvalue weighted by Gasteiger charge is -2.22. The maximum atomic E-state index is 3.86. The fourth-order valence-corrected chi connectivity index (χ4v) is 2.91. The summed E-state index contributed by atoms with van der Waals surface area (Å²) in [6.07, 6.45) is 8.17. The van der Waals surface area contributed by atoms with Crippen molar-refractivity contribution in [1.82, 2.24) is 0 Å². The molecule has 1 unspecified atom stereocenters. The Morgan fingerprint density at radius 1 is 1.07 bits per heavy atom. The molecular formula is C13H27Br. The van der Waals surface area contributed by atoms with E-state index in [1.807, 2.05) is 0 Å². The molecule has 0 aliphatic rings. The Labute approximate surface area is 99.0 Å². The molecule has 2 atom stereocenters. The van der Waals surface area contributed by atoms with Gasteiger partial charge in [-0.25, -0.2) is 0 Å². The minimum atomic E-state index is 0.751. The topological polar surface area (TPSA) is 0 Å². The highest BCUT2D eigenvalue weighted by Gasteiger charge is 2.17. The molecular weight excluding hydrogens is 236 g/mol. The Hall–Kier alpha value is 0.480. The first-order valence-corrected chi connectivity index (χ1v) is 7.17. The zero-order chi connectivity index (χ0) is 11.0. The van der Waals surface area contributed by atoms with Gasteiger partial charge in [-0.2, -0.15) is 0 Å². The highest BCUT2D eigenvalue weighted by atomic mass is 79.9. The van der Waals surface area contributed by atoms with Crippen LogP contribution in [0.5, 0.6) is 0 Å². The second-order valence-corrected chi connectivity index (χ2v) is 5.99. The predicted molar refractivity (Wildman–Crippen MR) is 70.1 cm³/mol. The molecule has 0 aromatic rings. The monoisotopic (exact) mass is 262 g/mol. The zero-order valence-corrected chi connectivity index (χ0v) is 11.9. The fraction of sp³-hybridized carbons (Fsp3) is 1.00. The lowest BCUT2D eigenvalue weighted by Crippen LogP contribution is -2.16. The van der Waals surface area contributed by atoms with Gasteiger partial charge in [-0.15, -0.1) is 0 Å². The van der Waals surface area contributed by atoms with Gasteiger partial charge in [0.15, 0.2) is 0 Å². The molecule has 0 saturated carbocycles. The normalized spacial score (nSPS) is 15.9. The molecule has 0 aromatic carbocycles. The second-order valence-electron chi connectivity index (χ2n) is 4.81. The molecule has 0 fully saturated rings. The van der Waals surface area contributed by atoms with Crippen LogP contribution in [0.15, 0.2) is 0 Å². The predicted octanol–water partition coefficient (Wildman–Crippen LogP) is 5.40. The summed E-state index contributed by atoms with van der Waals surface area (Å²) in [5.41, 5.74) is 0. The summed E-state index contributed by atoms with van der Waals surface area (Å²) in [5.74, 6) is 1.72. The molecule has 0 heterocycles. The quantitative estimate of drug-likeness (QED) is 0.406. The van der Waals surface area contributed by atoms with E-state index in [2.05, 4.69) is 43.6 Å². The number of hydrogen-bond donors (Lipinski definition) is 0. The van der Waals surface area contributed by atoms with Gasteiger partial charge in [0.1, 0.15) is 0 Å². The molecule has 0 aromatic heterocycles. The van der Waals surface area contributed by atoms with E-state index in [1.165, 1.54) is 38.5 Å². The fourth-order valence-electron chi connectivity index (χ4n) is 2.00. The van der Waals surface area contributed by atoms with Gasteiger partial charge in [0.05, 0.1) is 0 Å². The van der Waals surface area contributed by atoms with Crippen LogP contribution in [-0.2, 0) is 0 Å². The van der Waals surface area contributed by atoms with E-state index < -0.39 is 0 Å². The van der Waals surface area contributed by atoms with Crippen LogP contribution < -0.4 is 0 Å². The molecule has 14 heavy (non-hydrogen) atoms. The SMILES string of the molecule is CCCCCC(Br)[C@H](CC)CC(C)C. The summed E-state index contributed by atoms with van der Waals surface area (Å²) < 4.78 is 0. The third-order valence-electron chi connectivity index (χ3n) is 2.89. The summed E-state index contributed by atoms with van der Waals surface area (Å²) in [5, 5.41) is 0. The molecule has 1 heteroatoms. The molecule has 0 N–H and O–H groups in total. The summed E-state index contributed by atoms with van der Waals surface area (Å²) in [6.45, 7) is 9.25. The van der Waals surface area contributed by atoms with E-state index in [0.29, 0.717) is 0 Å². The van der Waals surface area contributed by atoms with Crippen molar-refractivity contribution in [2.24, 2.45) is 11.8 Å². The van der Waals surface area contributed by atoms with Crippen LogP contribution in [0.3, 0.4) is 0 Å². The molecule has 0 bridgehead atoms. The molecule has 0 aliphatic carbocycles. The Kier molecular flexibility index (Phi) is 9.06. The third-order valence-corrected chi connectivity index (χ3v) is 4.10. The molecule has 0 radical (unpaired) electrons. The van der Waals surface area contributed by atoms with E-state index in [-0.39, 0.29) is 0 Å². The van der Waals surface area contributed by atoms with Crippen LogP contribution in [0.1, 0.15) is 66.2 Å². The van der Waals surface area contributed by atoms with E-state index in [9.17, 15) is 0 Å². The van der Waals surface area contributed by atoms with Gasteiger partial charge in [0.25, 0.3) is 0 Å². The van der Waals surface area contributed by atoms with Crippen molar-refractivity contribution in [3.8, 4) is 0 Å². The van der Waals surface area contributed by atoms with Crippen molar-refractivity contribution in [1.29, 1.82) is 0 Å². The van der Waals surface area contributed by atoms with Crippen molar-refractivity contribution in [2.45, 2.75) is 71.0 Å². The molecule has 0 aliphatic heterocycles. The van der Waals surface area contributed by atoms with Crippen LogP contribution in [-0.4, -0.2) is 4.83 Å². The second kappa shape index (κ2) is 8.76. The van der Waals surface area contributed by atoms with Crippen molar-refractivity contribution >= 4 is 15.9 Å². The maximum absolute atomic E-state index is 3.86. The smallest absolute Gasteiger partial charge is 0.0174 e. The average molecular weight is 263 g/mol. The first-order chi connectivity index (χ1) is 6.61. The summed E-state index contributed by atoms with van der Waals surface area (Å²) in [7, 11) is 0. The third kappa shape index (κ3) is 6.86. The van der Waals surface area contributed by atoms with Gasteiger partial charge in [0.2, 0.25) is 0 Å². The average Bonchev–Trinajstić information content (AvgIpc) is 2.14. The van der Waals surface area contributed by atoms with Crippen LogP contribution >= 0.6 is 15.9 Å². The van der Waals surface area contributed by atoms with Crippen molar-refractivity contribution in [3.63, 3.8) is 0 Å². The molecule has 0 rings (SSSR count). The zero-order valence-electron chi connectivity index (χ0n) is 10.4. The van der Waals surface area contributed by atoms with Gasteiger partial charge in [-0.05, 0) is 24.7 Å². The van der Waals surface area contributed by atoms with Gasteiger partial charge < -0.3 is 0 Å². The summed E-state index contributed by atoms with van der Waals surface area (Å²) >= 11 is 3.86. The highest BCUT2D eigenvalue weighted by molar-refractivity contribution is 9.09. The first-order valence-electron chi connectivity index (χ1n) is 6.25. The minimum absolute atomic E-state index is 0.751. The Bertz CT molecular complexity index is 120. The Morgan fingerprint density at radius 2 is 1.71 bits per heavy atom. The van der Waals surface area contributed by atoms with Crippen molar-refractivity contribution in [3.05, 3.63) is 0 Å². The number of halogens is 1. The van der Waals surface area contributed by atoms with Crippen LogP contribution in [0.4, 0.5) is 0 Å². The van der Waals surface area contributed by atoms with E-state index in [0.717, 1.165) is 16.7 Å².